The summed E-state index contributed by atoms with van der Waals surface area (Å²) in [5.41, 5.74) is 4.18. The average Bonchev–Trinajstić information content (AvgIpc) is 3.07. The maximum atomic E-state index is 12.1. The highest BCUT2D eigenvalue weighted by molar-refractivity contribution is 6.01. The number of rotatable bonds is 4. The van der Waals surface area contributed by atoms with Crippen molar-refractivity contribution >= 4 is 5.97 Å². The summed E-state index contributed by atoms with van der Waals surface area (Å²) >= 11 is 0. The lowest BCUT2D eigenvalue weighted by Gasteiger charge is -2.08. The number of ether oxygens (including phenoxy) is 2. The minimum atomic E-state index is -0.386. The van der Waals surface area contributed by atoms with Gasteiger partial charge in [-0.2, -0.15) is 0 Å². The van der Waals surface area contributed by atoms with Crippen LogP contribution in [0.4, 0.5) is 0 Å². The second kappa shape index (κ2) is 6.40. The Morgan fingerprint density at radius 3 is 2.22 bits per heavy atom. The van der Waals surface area contributed by atoms with Crippen molar-refractivity contribution in [1.29, 1.82) is 0 Å². The molecule has 1 aromatic heterocycles. The first-order valence-corrected chi connectivity index (χ1v) is 7.24. The molecule has 0 spiro atoms. The van der Waals surface area contributed by atoms with Gasteiger partial charge < -0.3 is 14.5 Å². The zero-order valence-electron chi connectivity index (χ0n) is 13.0. The lowest BCUT2D eigenvalue weighted by atomic mass is 9.96. The van der Waals surface area contributed by atoms with E-state index in [9.17, 15) is 4.79 Å². The number of benzene rings is 2. The van der Waals surface area contributed by atoms with Crippen LogP contribution in [0.5, 0.6) is 5.75 Å². The third-order valence-corrected chi connectivity index (χ3v) is 3.73. The molecule has 4 heteroatoms. The lowest BCUT2D eigenvalue weighted by molar-refractivity contribution is 0.0596. The van der Waals surface area contributed by atoms with E-state index >= 15 is 0 Å². The number of carbonyl (C=O) groups excluding carboxylic acids is 1. The third-order valence-electron chi connectivity index (χ3n) is 3.73. The minimum Gasteiger partial charge on any atom is -0.497 e. The first-order chi connectivity index (χ1) is 11.2. The highest BCUT2D eigenvalue weighted by Crippen LogP contribution is 2.35. The molecule has 0 aliphatic heterocycles. The minimum absolute atomic E-state index is 0.386. The zero-order valence-corrected chi connectivity index (χ0v) is 13.0. The highest BCUT2D eigenvalue weighted by atomic mass is 16.5. The Morgan fingerprint density at radius 1 is 0.913 bits per heavy atom. The van der Waals surface area contributed by atoms with Crippen molar-refractivity contribution in [3.63, 3.8) is 0 Å². The quantitative estimate of drug-likeness (QED) is 0.737. The van der Waals surface area contributed by atoms with Crippen LogP contribution in [-0.4, -0.2) is 25.2 Å². The van der Waals surface area contributed by atoms with Crippen LogP contribution in [0, 0.1) is 0 Å². The normalized spacial score (nSPS) is 10.3. The number of hydrogen-bond acceptors (Lipinski definition) is 3. The Kier molecular flexibility index (Phi) is 4.15. The predicted octanol–water partition coefficient (Wildman–Crippen LogP) is 4.14. The topological polar surface area (TPSA) is 51.3 Å². The first kappa shape index (κ1) is 14.9. The van der Waals surface area contributed by atoms with Gasteiger partial charge in [-0.05, 0) is 23.3 Å². The summed E-state index contributed by atoms with van der Waals surface area (Å²) < 4.78 is 10.1. The number of carbonyl (C=O) groups is 1. The van der Waals surface area contributed by atoms with E-state index in [1.165, 1.54) is 7.11 Å². The Labute approximate surface area is 134 Å². The van der Waals surface area contributed by atoms with Gasteiger partial charge in [0.1, 0.15) is 11.4 Å². The van der Waals surface area contributed by atoms with Crippen LogP contribution in [0.2, 0.25) is 0 Å². The molecule has 0 atom stereocenters. The van der Waals surface area contributed by atoms with Crippen LogP contribution in [-0.2, 0) is 4.74 Å². The molecule has 4 nitrogen and oxygen atoms in total. The molecule has 116 valence electrons. The summed E-state index contributed by atoms with van der Waals surface area (Å²) in [6, 6.07) is 17.5. The third kappa shape index (κ3) is 2.83. The second-order valence-electron chi connectivity index (χ2n) is 5.04. The summed E-state index contributed by atoms with van der Waals surface area (Å²) in [4.78, 5) is 15.1. The van der Waals surface area contributed by atoms with E-state index < -0.39 is 0 Å². The lowest BCUT2D eigenvalue weighted by Crippen LogP contribution is -2.03. The molecule has 3 rings (SSSR count). The van der Waals surface area contributed by atoms with Gasteiger partial charge in [0.15, 0.2) is 0 Å². The molecule has 0 aliphatic rings. The van der Waals surface area contributed by atoms with Gasteiger partial charge >= 0.3 is 5.97 Å². The SMILES string of the molecule is COC(=O)c1[nH]cc(-c2ccc(OC)cc2)c1-c1ccccc1. The molecule has 1 N–H and O–H groups in total. The van der Waals surface area contributed by atoms with Crippen molar-refractivity contribution in [1.82, 2.24) is 4.98 Å². The molecular formula is C19H17NO3. The molecule has 0 saturated heterocycles. The van der Waals surface area contributed by atoms with E-state index in [1.54, 1.807) is 7.11 Å². The van der Waals surface area contributed by atoms with Gasteiger partial charge in [0.05, 0.1) is 14.2 Å². The molecule has 0 saturated carbocycles. The van der Waals surface area contributed by atoms with Crippen molar-refractivity contribution < 1.29 is 14.3 Å². The fraction of sp³-hybridized carbons (Fsp3) is 0.105. The standard InChI is InChI=1S/C19H17NO3/c1-22-15-10-8-13(9-11-15)16-12-20-18(19(21)23-2)17(16)14-6-4-3-5-7-14/h3-12,20H,1-2H3. The summed E-state index contributed by atoms with van der Waals surface area (Å²) in [6.45, 7) is 0. The van der Waals surface area contributed by atoms with Gasteiger partial charge in [-0.15, -0.1) is 0 Å². The summed E-state index contributed by atoms with van der Waals surface area (Å²) in [5.74, 6) is 0.405. The molecule has 0 radical (unpaired) electrons. The van der Waals surface area contributed by atoms with E-state index in [0.717, 1.165) is 28.0 Å². The fourth-order valence-electron chi connectivity index (χ4n) is 2.59. The molecule has 0 unspecified atom stereocenters. The van der Waals surface area contributed by atoms with Gasteiger partial charge in [0.2, 0.25) is 0 Å². The number of hydrogen-bond donors (Lipinski definition) is 1. The van der Waals surface area contributed by atoms with Gasteiger partial charge in [-0.3, -0.25) is 0 Å². The average molecular weight is 307 g/mol. The molecule has 2 aromatic carbocycles. The summed E-state index contributed by atoms with van der Waals surface area (Å²) in [7, 11) is 3.01. The molecule has 23 heavy (non-hydrogen) atoms. The Hall–Kier alpha value is -3.01. The van der Waals surface area contributed by atoms with E-state index in [1.807, 2.05) is 60.8 Å². The van der Waals surface area contributed by atoms with Gasteiger partial charge in [0, 0.05) is 17.3 Å². The van der Waals surface area contributed by atoms with Crippen molar-refractivity contribution in [2.24, 2.45) is 0 Å². The molecule has 0 amide bonds. The van der Waals surface area contributed by atoms with Crippen molar-refractivity contribution in [3.05, 3.63) is 66.5 Å². The van der Waals surface area contributed by atoms with Crippen LogP contribution in [0.3, 0.4) is 0 Å². The first-order valence-electron chi connectivity index (χ1n) is 7.24. The number of esters is 1. The van der Waals surface area contributed by atoms with Crippen molar-refractivity contribution in [2.75, 3.05) is 14.2 Å². The van der Waals surface area contributed by atoms with E-state index in [0.29, 0.717) is 5.69 Å². The molecule has 0 aliphatic carbocycles. The predicted molar refractivity (Wildman–Crippen MR) is 89.6 cm³/mol. The van der Waals surface area contributed by atoms with E-state index in [4.69, 9.17) is 9.47 Å². The maximum Gasteiger partial charge on any atom is 0.355 e. The second-order valence-corrected chi connectivity index (χ2v) is 5.04. The number of nitrogens with one attached hydrogen (secondary N) is 1. The van der Waals surface area contributed by atoms with Gasteiger partial charge in [0.25, 0.3) is 0 Å². The smallest absolute Gasteiger partial charge is 0.355 e. The fourth-order valence-corrected chi connectivity index (χ4v) is 2.59. The molecule has 0 fully saturated rings. The van der Waals surface area contributed by atoms with Crippen molar-refractivity contribution in [2.45, 2.75) is 0 Å². The van der Waals surface area contributed by atoms with Crippen LogP contribution < -0.4 is 4.74 Å². The van der Waals surface area contributed by atoms with E-state index in [2.05, 4.69) is 4.98 Å². The molecule has 0 bridgehead atoms. The number of aromatic amines is 1. The number of aromatic nitrogens is 1. The number of methoxy groups -OCH3 is 2. The maximum absolute atomic E-state index is 12.1. The van der Waals surface area contributed by atoms with Gasteiger partial charge in [-0.1, -0.05) is 42.5 Å². The molecular weight excluding hydrogens is 290 g/mol. The van der Waals surface area contributed by atoms with Gasteiger partial charge in [-0.25, -0.2) is 4.79 Å². The van der Waals surface area contributed by atoms with Crippen LogP contribution in [0.1, 0.15) is 10.5 Å². The summed E-state index contributed by atoms with van der Waals surface area (Å²) in [6.07, 6.45) is 1.83. The monoisotopic (exact) mass is 307 g/mol. The Morgan fingerprint density at radius 2 is 1.61 bits per heavy atom. The Balaban J connectivity index is 2.17. The molecule has 1 heterocycles. The summed E-state index contributed by atoms with van der Waals surface area (Å²) in [5, 5.41) is 0. The number of H-pyrrole nitrogens is 1. The van der Waals surface area contributed by atoms with Crippen molar-refractivity contribution in [3.8, 4) is 28.0 Å². The highest BCUT2D eigenvalue weighted by Gasteiger charge is 2.20. The Bertz CT molecular complexity index is 804. The zero-order chi connectivity index (χ0) is 16.2. The van der Waals surface area contributed by atoms with Crippen LogP contribution in [0.25, 0.3) is 22.3 Å². The van der Waals surface area contributed by atoms with E-state index in [-0.39, 0.29) is 5.97 Å². The van der Waals surface area contributed by atoms with Crippen LogP contribution in [0.15, 0.2) is 60.8 Å². The molecule has 3 aromatic rings. The largest absolute Gasteiger partial charge is 0.497 e. The van der Waals surface area contributed by atoms with Crippen LogP contribution >= 0.6 is 0 Å².